The Hall–Kier alpha value is -3.02. The molecule has 0 radical (unpaired) electrons. The maximum atomic E-state index is 11.8. The standard InChI is InChI=1S/C14H9NO5/c16-9-10-1-7-13(8-2-10)20-14(17)11-3-5-12(6-4-11)15(18)19/h1-9H. The third-order valence-electron chi connectivity index (χ3n) is 2.54. The van der Waals surface area contributed by atoms with Crippen molar-refractivity contribution in [1.29, 1.82) is 0 Å². The van der Waals surface area contributed by atoms with E-state index in [1.807, 2.05) is 0 Å². The fourth-order valence-corrected chi connectivity index (χ4v) is 1.50. The topological polar surface area (TPSA) is 86.5 Å². The van der Waals surface area contributed by atoms with Gasteiger partial charge in [0.15, 0.2) is 0 Å². The number of aldehydes is 1. The molecule has 0 aliphatic heterocycles. The van der Waals surface area contributed by atoms with Crippen LogP contribution in [0.4, 0.5) is 5.69 Å². The highest BCUT2D eigenvalue weighted by molar-refractivity contribution is 5.91. The normalized spacial score (nSPS) is 9.80. The van der Waals surface area contributed by atoms with E-state index in [-0.39, 0.29) is 11.3 Å². The summed E-state index contributed by atoms with van der Waals surface area (Å²) in [5.41, 5.74) is 0.576. The van der Waals surface area contributed by atoms with Crippen molar-refractivity contribution in [3.8, 4) is 5.75 Å². The minimum atomic E-state index is -0.626. The van der Waals surface area contributed by atoms with Crippen LogP contribution in [0.15, 0.2) is 48.5 Å². The van der Waals surface area contributed by atoms with E-state index < -0.39 is 10.9 Å². The molecule has 0 amide bonds. The molecule has 2 rings (SSSR count). The van der Waals surface area contributed by atoms with Gasteiger partial charge in [-0.3, -0.25) is 14.9 Å². The summed E-state index contributed by atoms with van der Waals surface area (Å²) in [4.78, 5) is 32.2. The fraction of sp³-hybridized carbons (Fsp3) is 0. The molecule has 0 aromatic heterocycles. The molecule has 0 aliphatic rings. The Morgan fingerprint density at radius 2 is 1.65 bits per heavy atom. The monoisotopic (exact) mass is 271 g/mol. The molecule has 0 unspecified atom stereocenters. The number of nitrogens with zero attached hydrogens (tertiary/aromatic N) is 1. The third-order valence-corrected chi connectivity index (χ3v) is 2.54. The van der Waals surface area contributed by atoms with Crippen LogP contribution in [-0.4, -0.2) is 17.2 Å². The molecular weight excluding hydrogens is 262 g/mol. The van der Waals surface area contributed by atoms with Gasteiger partial charge in [-0.2, -0.15) is 0 Å². The second kappa shape index (κ2) is 5.75. The zero-order valence-electron chi connectivity index (χ0n) is 10.2. The number of hydrogen-bond donors (Lipinski definition) is 0. The second-order valence-corrected chi connectivity index (χ2v) is 3.88. The number of nitro benzene ring substituents is 1. The van der Waals surface area contributed by atoms with Crippen LogP contribution in [0.1, 0.15) is 20.7 Å². The highest BCUT2D eigenvalue weighted by atomic mass is 16.6. The SMILES string of the molecule is O=Cc1ccc(OC(=O)c2ccc([N+](=O)[O-])cc2)cc1. The first-order valence-corrected chi connectivity index (χ1v) is 5.62. The zero-order valence-corrected chi connectivity index (χ0v) is 10.2. The first kappa shape index (κ1) is 13.4. The van der Waals surface area contributed by atoms with E-state index in [0.29, 0.717) is 17.6 Å². The van der Waals surface area contributed by atoms with Gasteiger partial charge in [-0.25, -0.2) is 4.79 Å². The average Bonchev–Trinajstić information content (AvgIpc) is 2.48. The van der Waals surface area contributed by atoms with Gasteiger partial charge in [0.1, 0.15) is 12.0 Å². The number of carbonyl (C=O) groups is 2. The summed E-state index contributed by atoms with van der Waals surface area (Å²) in [6.45, 7) is 0. The predicted molar refractivity (Wildman–Crippen MR) is 69.9 cm³/mol. The number of ether oxygens (including phenoxy) is 1. The first-order valence-electron chi connectivity index (χ1n) is 5.62. The van der Waals surface area contributed by atoms with E-state index in [4.69, 9.17) is 4.74 Å². The number of esters is 1. The third kappa shape index (κ3) is 3.05. The summed E-state index contributed by atoms with van der Waals surface area (Å²) in [6, 6.07) is 11.1. The molecule has 2 aromatic carbocycles. The van der Waals surface area contributed by atoms with Gasteiger partial charge in [0, 0.05) is 17.7 Å². The summed E-state index contributed by atoms with van der Waals surface area (Å²) in [5.74, 6) is -0.335. The number of rotatable bonds is 4. The van der Waals surface area contributed by atoms with Crippen molar-refractivity contribution in [2.75, 3.05) is 0 Å². The Labute approximate surface area is 113 Å². The van der Waals surface area contributed by atoms with Crippen LogP contribution in [-0.2, 0) is 0 Å². The molecule has 0 bridgehead atoms. The molecule has 6 heteroatoms. The van der Waals surface area contributed by atoms with Crippen molar-refractivity contribution < 1.29 is 19.2 Å². The van der Waals surface area contributed by atoms with E-state index in [2.05, 4.69) is 0 Å². The van der Waals surface area contributed by atoms with Crippen LogP contribution < -0.4 is 4.74 Å². The average molecular weight is 271 g/mol. The minimum Gasteiger partial charge on any atom is -0.423 e. The zero-order chi connectivity index (χ0) is 14.5. The maximum Gasteiger partial charge on any atom is 0.343 e. The highest BCUT2D eigenvalue weighted by Gasteiger charge is 2.11. The summed E-state index contributed by atoms with van der Waals surface area (Å²) in [7, 11) is 0. The number of nitro groups is 1. The summed E-state index contributed by atoms with van der Waals surface area (Å²) in [5, 5.41) is 10.5. The van der Waals surface area contributed by atoms with Gasteiger partial charge in [0.2, 0.25) is 0 Å². The molecule has 6 nitrogen and oxygen atoms in total. The van der Waals surface area contributed by atoms with Crippen molar-refractivity contribution in [2.45, 2.75) is 0 Å². The summed E-state index contributed by atoms with van der Waals surface area (Å²) in [6.07, 6.45) is 0.682. The molecule has 0 N–H and O–H groups in total. The van der Waals surface area contributed by atoms with E-state index in [0.717, 1.165) is 0 Å². The molecule has 0 heterocycles. The molecule has 0 aliphatic carbocycles. The van der Waals surface area contributed by atoms with E-state index in [1.165, 1.54) is 48.5 Å². The van der Waals surface area contributed by atoms with Crippen molar-refractivity contribution >= 4 is 17.9 Å². The van der Waals surface area contributed by atoms with Gasteiger partial charge in [0.25, 0.3) is 5.69 Å². The minimum absolute atomic E-state index is 0.100. The van der Waals surface area contributed by atoms with Crippen molar-refractivity contribution in [3.63, 3.8) is 0 Å². The van der Waals surface area contributed by atoms with E-state index >= 15 is 0 Å². The maximum absolute atomic E-state index is 11.8. The van der Waals surface area contributed by atoms with Gasteiger partial charge in [-0.15, -0.1) is 0 Å². The van der Waals surface area contributed by atoms with Crippen LogP contribution in [0.5, 0.6) is 5.75 Å². The molecule has 0 saturated heterocycles. The fourth-order valence-electron chi connectivity index (χ4n) is 1.50. The van der Waals surface area contributed by atoms with E-state index in [1.54, 1.807) is 0 Å². The lowest BCUT2D eigenvalue weighted by Crippen LogP contribution is -2.08. The Bertz CT molecular complexity index is 646. The number of non-ortho nitro benzene ring substituents is 1. The highest BCUT2D eigenvalue weighted by Crippen LogP contribution is 2.16. The Morgan fingerprint density at radius 1 is 1.05 bits per heavy atom. The van der Waals surface area contributed by atoms with Gasteiger partial charge in [0.05, 0.1) is 10.5 Å². The lowest BCUT2D eigenvalue weighted by Gasteiger charge is -2.04. The Kier molecular flexibility index (Phi) is 3.85. The molecule has 0 fully saturated rings. The molecule has 20 heavy (non-hydrogen) atoms. The van der Waals surface area contributed by atoms with Gasteiger partial charge in [-0.1, -0.05) is 0 Å². The molecule has 100 valence electrons. The van der Waals surface area contributed by atoms with E-state index in [9.17, 15) is 19.7 Å². The lowest BCUT2D eigenvalue weighted by atomic mass is 10.2. The molecular formula is C14H9NO5. The van der Waals surface area contributed by atoms with Gasteiger partial charge < -0.3 is 4.74 Å². The Morgan fingerprint density at radius 3 is 2.15 bits per heavy atom. The van der Waals surface area contributed by atoms with Crippen molar-refractivity contribution in [2.24, 2.45) is 0 Å². The number of benzene rings is 2. The molecule has 0 spiro atoms. The van der Waals surface area contributed by atoms with Gasteiger partial charge in [-0.05, 0) is 36.4 Å². The van der Waals surface area contributed by atoms with Gasteiger partial charge >= 0.3 is 5.97 Å². The summed E-state index contributed by atoms with van der Waals surface area (Å²) < 4.78 is 5.08. The molecule has 0 atom stereocenters. The van der Waals surface area contributed by atoms with Crippen LogP contribution in [0.25, 0.3) is 0 Å². The summed E-state index contributed by atoms with van der Waals surface area (Å²) >= 11 is 0. The predicted octanol–water partition coefficient (Wildman–Crippen LogP) is 2.63. The molecule has 2 aromatic rings. The smallest absolute Gasteiger partial charge is 0.343 e. The second-order valence-electron chi connectivity index (χ2n) is 3.88. The lowest BCUT2D eigenvalue weighted by molar-refractivity contribution is -0.384. The molecule has 0 saturated carbocycles. The van der Waals surface area contributed by atoms with Crippen LogP contribution in [0, 0.1) is 10.1 Å². The largest absolute Gasteiger partial charge is 0.423 e. The quantitative estimate of drug-likeness (QED) is 0.280. The van der Waals surface area contributed by atoms with Crippen molar-refractivity contribution in [3.05, 3.63) is 69.8 Å². The number of hydrogen-bond acceptors (Lipinski definition) is 5. The first-order chi connectivity index (χ1) is 9.60. The van der Waals surface area contributed by atoms with Crippen LogP contribution >= 0.6 is 0 Å². The van der Waals surface area contributed by atoms with Crippen molar-refractivity contribution in [1.82, 2.24) is 0 Å². The Balaban J connectivity index is 2.10. The van der Waals surface area contributed by atoms with Crippen LogP contribution in [0.3, 0.4) is 0 Å². The number of carbonyl (C=O) groups excluding carboxylic acids is 2. The van der Waals surface area contributed by atoms with Crippen LogP contribution in [0.2, 0.25) is 0 Å².